The molecule has 1 N–H and O–H groups in total. The Labute approximate surface area is 292 Å². The molecule has 0 spiro atoms. The van der Waals surface area contributed by atoms with Gasteiger partial charge < -0.3 is 10.2 Å². The number of sulfonamides is 1. The Balaban J connectivity index is 1.88. The van der Waals surface area contributed by atoms with Crippen LogP contribution >= 0.6 is 34.8 Å². The molecule has 4 aromatic carbocycles. The second-order valence-corrected chi connectivity index (χ2v) is 15.5. The lowest BCUT2D eigenvalue weighted by Crippen LogP contribution is -2.56. The first-order valence-corrected chi connectivity index (χ1v) is 17.6. The number of rotatable bonds is 11. The predicted molar refractivity (Wildman–Crippen MR) is 191 cm³/mol. The van der Waals surface area contributed by atoms with Gasteiger partial charge in [-0.1, -0.05) is 95.0 Å². The van der Waals surface area contributed by atoms with Gasteiger partial charge in [0.15, 0.2) is 0 Å². The maximum atomic E-state index is 14.7. The zero-order valence-corrected chi connectivity index (χ0v) is 30.0. The summed E-state index contributed by atoms with van der Waals surface area (Å²) < 4.78 is 29.7. The molecule has 0 aliphatic heterocycles. The monoisotopic (exact) mass is 713 g/mol. The van der Waals surface area contributed by atoms with Gasteiger partial charge in [-0.25, -0.2) is 8.42 Å². The third-order valence-electron chi connectivity index (χ3n) is 7.49. The zero-order chi connectivity index (χ0) is 34.5. The molecule has 0 saturated heterocycles. The van der Waals surface area contributed by atoms with Crippen LogP contribution in [-0.4, -0.2) is 43.3 Å². The number of nitrogens with zero attached hydrogens (tertiary/aromatic N) is 2. The Hall–Kier alpha value is -3.56. The van der Waals surface area contributed by atoms with Gasteiger partial charge in [0.25, 0.3) is 10.0 Å². The number of hydrogen-bond acceptors (Lipinski definition) is 4. The summed E-state index contributed by atoms with van der Waals surface area (Å²) in [5, 5.41) is 3.91. The fourth-order valence-electron chi connectivity index (χ4n) is 5.06. The molecular formula is C36H38Cl3N3O4S. The van der Waals surface area contributed by atoms with E-state index in [0.717, 1.165) is 15.4 Å². The van der Waals surface area contributed by atoms with Gasteiger partial charge >= 0.3 is 0 Å². The molecular weight excluding hydrogens is 677 g/mol. The number of aryl methyl sites for hydroxylation is 2. The normalized spacial score (nSPS) is 12.3. The van der Waals surface area contributed by atoms with Crippen LogP contribution in [0.3, 0.4) is 0 Å². The van der Waals surface area contributed by atoms with Crippen LogP contribution < -0.4 is 9.62 Å². The molecule has 0 heterocycles. The fraction of sp³-hybridized carbons (Fsp3) is 0.278. The summed E-state index contributed by atoms with van der Waals surface area (Å²) in [7, 11) is -4.29. The van der Waals surface area contributed by atoms with Crippen LogP contribution in [0.4, 0.5) is 5.69 Å². The van der Waals surface area contributed by atoms with Crippen molar-refractivity contribution >= 4 is 62.3 Å². The Morgan fingerprint density at radius 2 is 1.45 bits per heavy atom. The molecule has 4 rings (SSSR count). The van der Waals surface area contributed by atoms with Gasteiger partial charge in [-0.3, -0.25) is 13.9 Å². The maximum Gasteiger partial charge on any atom is 0.264 e. The van der Waals surface area contributed by atoms with E-state index >= 15 is 0 Å². The van der Waals surface area contributed by atoms with Crippen molar-refractivity contribution in [3.05, 3.63) is 128 Å². The van der Waals surface area contributed by atoms with Gasteiger partial charge in [0, 0.05) is 39.1 Å². The van der Waals surface area contributed by atoms with Crippen molar-refractivity contribution in [1.82, 2.24) is 10.2 Å². The average molecular weight is 715 g/mol. The molecule has 0 aliphatic rings. The van der Waals surface area contributed by atoms with Crippen LogP contribution in [0, 0.1) is 13.8 Å². The molecule has 11 heteroatoms. The zero-order valence-electron chi connectivity index (χ0n) is 26.9. The molecule has 7 nitrogen and oxygen atoms in total. The second kappa shape index (κ2) is 15.1. The molecule has 1 atom stereocenters. The summed E-state index contributed by atoms with van der Waals surface area (Å²) in [5.41, 5.74) is 2.31. The topological polar surface area (TPSA) is 86.8 Å². The molecule has 0 bridgehead atoms. The van der Waals surface area contributed by atoms with Gasteiger partial charge in [-0.05, 0) is 82.1 Å². The van der Waals surface area contributed by atoms with E-state index < -0.39 is 40.0 Å². The first kappa shape index (κ1) is 36.3. The molecule has 0 radical (unpaired) electrons. The number of benzene rings is 4. The van der Waals surface area contributed by atoms with Crippen molar-refractivity contribution < 1.29 is 18.0 Å². The molecule has 0 fully saturated rings. The number of halogens is 3. The standard InChI is InChI=1S/C36H38Cl3N3O4S/c1-24-14-18-28(19-15-24)47(45,46)42(32-21-27(37)17-16-25(32)2)23-34(43)41(22-29-30(38)12-9-13-31(29)39)33(35(44)40-36(3,4)5)20-26-10-7-6-8-11-26/h6-19,21,33H,20,22-23H2,1-5H3,(H,40,44)/t33-/m1/s1. The van der Waals surface area contributed by atoms with Gasteiger partial charge in [0.05, 0.1) is 10.6 Å². The van der Waals surface area contributed by atoms with Crippen LogP contribution in [-0.2, 0) is 32.6 Å². The van der Waals surface area contributed by atoms with Crippen LogP contribution in [0.25, 0.3) is 0 Å². The summed E-state index contributed by atoms with van der Waals surface area (Å²) in [4.78, 5) is 30.1. The largest absolute Gasteiger partial charge is 0.350 e. The van der Waals surface area contributed by atoms with E-state index in [4.69, 9.17) is 34.8 Å². The summed E-state index contributed by atoms with van der Waals surface area (Å²) >= 11 is 19.5. The SMILES string of the molecule is Cc1ccc(S(=O)(=O)N(CC(=O)N(Cc2c(Cl)cccc2Cl)[C@H](Cc2ccccc2)C(=O)NC(C)(C)C)c2cc(Cl)ccc2C)cc1. The number of amides is 2. The molecule has 0 saturated carbocycles. The molecule has 248 valence electrons. The first-order valence-electron chi connectivity index (χ1n) is 15.0. The lowest BCUT2D eigenvalue weighted by Gasteiger charge is -2.36. The highest BCUT2D eigenvalue weighted by Gasteiger charge is 2.36. The minimum absolute atomic E-state index is 0.00212. The van der Waals surface area contributed by atoms with Crippen molar-refractivity contribution in [2.75, 3.05) is 10.8 Å². The minimum atomic E-state index is -4.29. The number of carbonyl (C=O) groups excluding carboxylic acids is 2. The summed E-state index contributed by atoms with van der Waals surface area (Å²) in [5.74, 6) is -1.05. The summed E-state index contributed by atoms with van der Waals surface area (Å²) in [6.45, 7) is 8.35. The van der Waals surface area contributed by atoms with E-state index in [2.05, 4.69) is 5.32 Å². The van der Waals surface area contributed by atoms with Crippen molar-refractivity contribution in [2.24, 2.45) is 0 Å². The quantitative estimate of drug-likeness (QED) is 0.171. The summed E-state index contributed by atoms with van der Waals surface area (Å²) in [6.07, 6.45) is 0.150. The second-order valence-electron chi connectivity index (χ2n) is 12.4. The number of hydrogen-bond donors (Lipinski definition) is 1. The summed E-state index contributed by atoms with van der Waals surface area (Å²) in [6, 6.07) is 24.5. The lowest BCUT2D eigenvalue weighted by atomic mass is 10.0. The highest BCUT2D eigenvalue weighted by Crippen LogP contribution is 2.32. The van der Waals surface area contributed by atoms with Gasteiger partial charge in [0.2, 0.25) is 11.8 Å². The molecule has 0 unspecified atom stereocenters. The molecule has 47 heavy (non-hydrogen) atoms. The van der Waals surface area contributed by atoms with Crippen LogP contribution in [0.15, 0.2) is 95.9 Å². The van der Waals surface area contributed by atoms with Crippen molar-refractivity contribution in [1.29, 1.82) is 0 Å². The third-order valence-corrected chi connectivity index (χ3v) is 10.2. The van der Waals surface area contributed by atoms with Gasteiger partial charge in [0.1, 0.15) is 12.6 Å². The lowest BCUT2D eigenvalue weighted by molar-refractivity contribution is -0.140. The fourth-order valence-corrected chi connectivity index (χ4v) is 7.22. The Bertz CT molecular complexity index is 1820. The average Bonchev–Trinajstić information content (AvgIpc) is 3.00. The molecule has 0 aromatic heterocycles. The van der Waals surface area contributed by atoms with E-state index in [1.54, 1.807) is 49.4 Å². The molecule has 2 amide bonds. The highest BCUT2D eigenvalue weighted by atomic mass is 35.5. The Kier molecular flexibility index (Phi) is 11.7. The Morgan fingerprint density at radius 3 is 2.04 bits per heavy atom. The van der Waals surface area contributed by atoms with E-state index in [9.17, 15) is 18.0 Å². The molecule has 0 aliphatic carbocycles. The smallest absolute Gasteiger partial charge is 0.264 e. The van der Waals surface area contributed by atoms with Crippen molar-refractivity contribution in [2.45, 2.75) is 64.1 Å². The van der Waals surface area contributed by atoms with Gasteiger partial charge in [-0.2, -0.15) is 0 Å². The van der Waals surface area contributed by atoms with Crippen molar-refractivity contribution in [3.63, 3.8) is 0 Å². The molecule has 4 aromatic rings. The van der Waals surface area contributed by atoms with Crippen LogP contribution in [0.5, 0.6) is 0 Å². The Morgan fingerprint density at radius 1 is 0.830 bits per heavy atom. The maximum absolute atomic E-state index is 14.7. The number of anilines is 1. The van der Waals surface area contributed by atoms with Gasteiger partial charge in [-0.15, -0.1) is 0 Å². The highest BCUT2D eigenvalue weighted by molar-refractivity contribution is 7.92. The minimum Gasteiger partial charge on any atom is -0.350 e. The van der Waals surface area contributed by atoms with E-state index in [0.29, 0.717) is 26.2 Å². The predicted octanol–water partition coefficient (Wildman–Crippen LogP) is 8.01. The van der Waals surface area contributed by atoms with Crippen LogP contribution in [0.1, 0.15) is 43.0 Å². The van der Waals surface area contributed by atoms with E-state index in [1.165, 1.54) is 23.1 Å². The van der Waals surface area contributed by atoms with E-state index in [-0.39, 0.29) is 23.5 Å². The van der Waals surface area contributed by atoms with Crippen molar-refractivity contribution in [3.8, 4) is 0 Å². The van der Waals surface area contributed by atoms with E-state index in [1.807, 2.05) is 58.0 Å². The third kappa shape index (κ3) is 9.29. The number of nitrogens with one attached hydrogen (secondary N) is 1. The van der Waals surface area contributed by atoms with Crippen LogP contribution in [0.2, 0.25) is 15.1 Å². The number of carbonyl (C=O) groups is 2. The first-order chi connectivity index (χ1) is 22.1.